The van der Waals surface area contributed by atoms with Gasteiger partial charge in [0.25, 0.3) is 0 Å². The van der Waals surface area contributed by atoms with E-state index in [4.69, 9.17) is 22.1 Å². The maximum atomic E-state index is 6.38. The molecule has 2 nitrogen and oxygen atoms in total. The minimum Gasteiger partial charge on any atom is -0.487 e. The zero-order valence-corrected chi connectivity index (χ0v) is 13.0. The van der Waals surface area contributed by atoms with Gasteiger partial charge in [0.05, 0.1) is 0 Å². The standard InChI is InChI=1S/C17H24ClNO/c1-2-3-12-6-8-17(9-7-12)11-15(19)14-10-13(18)4-5-16(14)20-17/h4-5,10,12,15H,2-3,6-9,11,19H2,1H3. The van der Waals surface area contributed by atoms with Crippen LogP contribution in [0.25, 0.3) is 0 Å². The highest BCUT2D eigenvalue weighted by molar-refractivity contribution is 6.30. The van der Waals surface area contributed by atoms with Crippen molar-refractivity contribution in [2.75, 3.05) is 0 Å². The van der Waals surface area contributed by atoms with Gasteiger partial charge >= 0.3 is 0 Å². The molecule has 0 saturated heterocycles. The van der Waals surface area contributed by atoms with Crippen LogP contribution in [0, 0.1) is 5.92 Å². The zero-order chi connectivity index (χ0) is 14.2. The summed E-state index contributed by atoms with van der Waals surface area (Å²) in [5.74, 6) is 1.83. The van der Waals surface area contributed by atoms with Crippen molar-refractivity contribution in [3.05, 3.63) is 28.8 Å². The Morgan fingerprint density at radius 1 is 1.35 bits per heavy atom. The summed E-state index contributed by atoms with van der Waals surface area (Å²) < 4.78 is 6.37. The summed E-state index contributed by atoms with van der Waals surface area (Å²) in [6, 6.07) is 5.89. The second kappa shape index (κ2) is 5.57. The molecule has 0 radical (unpaired) electrons. The molecule has 1 saturated carbocycles. The van der Waals surface area contributed by atoms with Gasteiger partial charge in [-0.1, -0.05) is 31.4 Å². The largest absolute Gasteiger partial charge is 0.487 e. The van der Waals surface area contributed by atoms with Crippen LogP contribution in [-0.2, 0) is 0 Å². The van der Waals surface area contributed by atoms with Crippen molar-refractivity contribution in [2.24, 2.45) is 11.7 Å². The van der Waals surface area contributed by atoms with Crippen LogP contribution in [-0.4, -0.2) is 5.60 Å². The number of hydrogen-bond acceptors (Lipinski definition) is 2. The monoisotopic (exact) mass is 293 g/mol. The molecule has 0 amide bonds. The highest BCUT2D eigenvalue weighted by Crippen LogP contribution is 2.47. The third-order valence-corrected chi connectivity index (χ3v) is 5.24. The third kappa shape index (κ3) is 2.68. The lowest BCUT2D eigenvalue weighted by molar-refractivity contribution is -0.0115. The molecule has 1 unspecified atom stereocenters. The third-order valence-electron chi connectivity index (χ3n) is 5.00. The first kappa shape index (κ1) is 14.2. The predicted octanol–water partition coefficient (Wildman–Crippen LogP) is 4.85. The van der Waals surface area contributed by atoms with Gasteiger partial charge in [0, 0.05) is 23.0 Å². The Kier molecular flexibility index (Phi) is 3.96. The molecule has 2 aliphatic rings. The fourth-order valence-corrected chi connectivity index (χ4v) is 4.08. The van der Waals surface area contributed by atoms with E-state index in [2.05, 4.69) is 6.92 Å². The first-order valence-electron chi connectivity index (χ1n) is 7.86. The molecule has 20 heavy (non-hydrogen) atoms. The number of rotatable bonds is 2. The Morgan fingerprint density at radius 2 is 2.10 bits per heavy atom. The molecule has 2 N–H and O–H groups in total. The molecule has 3 rings (SSSR count). The number of halogens is 1. The summed E-state index contributed by atoms with van der Waals surface area (Å²) in [5.41, 5.74) is 7.42. The number of nitrogens with two attached hydrogens (primary N) is 1. The van der Waals surface area contributed by atoms with E-state index in [-0.39, 0.29) is 11.6 Å². The van der Waals surface area contributed by atoms with Gasteiger partial charge in [-0.25, -0.2) is 0 Å². The van der Waals surface area contributed by atoms with E-state index >= 15 is 0 Å². The Labute approximate surface area is 126 Å². The van der Waals surface area contributed by atoms with E-state index in [1.165, 1.54) is 25.7 Å². The van der Waals surface area contributed by atoms with E-state index in [1.54, 1.807) is 0 Å². The van der Waals surface area contributed by atoms with Crippen LogP contribution >= 0.6 is 11.6 Å². The number of benzene rings is 1. The van der Waals surface area contributed by atoms with Crippen LogP contribution in [0.15, 0.2) is 18.2 Å². The maximum absolute atomic E-state index is 6.38. The first-order chi connectivity index (χ1) is 9.62. The summed E-state index contributed by atoms with van der Waals surface area (Å²) in [4.78, 5) is 0. The van der Waals surface area contributed by atoms with Crippen molar-refractivity contribution >= 4 is 11.6 Å². The molecule has 3 heteroatoms. The molecule has 0 aromatic heterocycles. The SMILES string of the molecule is CCCC1CCC2(CC1)CC(N)c1cc(Cl)ccc1O2. The van der Waals surface area contributed by atoms with Crippen LogP contribution < -0.4 is 10.5 Å². The highest BCUT2D eigenvalue weighted by atomic mass is 35.5. The molecule has 0 bridgehead atoms. The molecule has 1 aliphatic carbocycles. The predicted molar refractivity (Wildman–Crippen MR) is 83.2 cm³/mol. The Bertz CT molecular complexity index is 480. The zero-order valence-electron chi connectivity index (χ0n) is 12.2. The highest BCUT2D eigenvalue weighted by Gasteiger charge is 2.42. The van der Waals surface area contributed by atoms with Crippen molar-refractivity contribution in [1.82, 2.24) is 0 Å². The topological polar surface area (TPSA) is 35.2 Å². The number of fused-ring (bicyclic) bond motifs is 1. The second-order valence-electron chi connectivity index (χ2n) is 6.51. The Hall–Kier alpha value is -0.730. The van der Waals surface area contributed by atoms with E-state index in [0.717, 1.165) is 41.5 Å². The summed E-state index contributed by atoms with van der Waals surface area (Å²) in [6.45, 7) is 2.28. The van der Waals surface area contributed by atoms with Crippen molar-refractivity contribution in [2.45, 2.75) is 63.5 Å². The maximum Gasteiger partial charge on any atom is 0.125 e. The van der Waals surface area contributed by atoms with E-state index in [0.29, 0.717) is 0 Å². The van der Waals surface area contributed by atoms with Crippen LogP contribution in [0.4, 0.5) is 0 Å². The van der Waals surface area contributed by atoms with Gasteiger partial charge < -0.3 is 10.5 Å². The normalized spacial score (nSPS) is 32.8. The number of ether oxygens (including phenoxy) is 1. The molecular weight excluding hydrogens is 270 g/mol. The molecule has 1 atom stereocenters. The summed E-state index contributed by atoms with van der Waals surface area (Å²) in [5, 5.41) is 0.741. The Morgan fingerprint density at radius 3 is 2.80 bits per heavy atom. The summed E-state index contributed by atoms with van der Waals surface area (Å²) in [7, 11) is 0. The molecule has 1 spiro atoms. The van der Waals surface area contributed by atoms with Crippen molar-refractivity contribution in [3.63, 3.8) is 0 Å². The molecule has 1 fully saturated rings. The smallest absolute Gasteiger partial charge is 0.125 e. The van der Waals surface area contributed by atoms with Gasteiger partial charge in [-0.3, -0.25) is 0 Å². The molecule has 1 aliphatic heterocycles. The van der Waals surface area contributed by atoms with Gasteiger partial charge in [-0.05, 0) is 49.8 Å². The van der Waals surface area contributed by atoms with E-state index < -0.39 is 0 Å². The van der Waals surface area contributed by atoms with Crippen molar-refractivity contribution in [3.8, 4) is 5.75 Å². The first-order valence-corrected chi connectivity index (χ1v) is 8.24. The van der Waals surface area contributed by atoms with Gasteiger partial charge in [0.15, 0.2) is 0 Å². The van der Waals surface area contributed by atoms with Crippen molar-refractivity contribution in [1.29, 1.82) is 0 Å². The minimum absolute atomic E-state index is 0.0233. The lowest BCUT2D eigenvalue weighted by Crippen LogP contribution is -2.45. The van der Waals surface area contributed by atoms with Crippen LogP contribution in [0.1, 0.15) is 63.5 Å². The van der Waals surface area contributed by atoms with Crippen LogP contribution in [0.3, 0.4) is 0 Å². The van der Waals surface area contributed by atoms with Gasteiger partial charge in [-0.2, -0.15) is 0 Å². The second-order valence-corrected chi connectivity index (χ2v) is 6.95. The van der Waals surface area contributed by atoms with Crippen LogP contribution in [0.5, 0.6) is 5.75 Å². The molecular formula is C17H24ClNO. The van der Waals surface area contributed by atoms with Crippen molar-refractivity contribution < 1.29 is 4.74 Å². The van der Waals surface area contributed by atoms with Gasteiger partial charge in [0.2, 0.25) is 0 Å². The average Bonchev–Trinajstić information content (AvgIpc) is 2.43. The molecule has 1 aromatic carbocycles. The fraction of sp³-hybridized carbons (Fsp3) is 0.647. The lowest BCUT2D eigenvalue weighted by atomic mass is 9.72. The Balaban J connectivity index is 1.76. The molecule has 1 heterocycles. The molecule has 1 aromatic rings. The quantitative estimate of drug-likeness (QED) is 0.846. The minimum atomic E-state index is -0.0233. The number of hydrogen-bond donors (Lipinski definition) is 1. The fourth-order valence-electron chi connectivity index (χ4n) is 3.89. The average molecular weight is 294 g/mol. The van der Waals surface area contributed by atoms with Gasteiger partial charge in [-0.15, -0.1) is 0 Å². The van der Waals surface area contributed by atoms with Crippen LogP contribution in [0.2, 0.25) is 5.02 Å². The summed E-state index contributed by atoms with van der Waals surface area (Å²) in [6.07, 6.45) is 8.43. The van der Waals surface area contributed by atoms with E-state index in [9.17, 15) is 0 Å². The van der Waals surface area contributed by atoms with Gasteiger partial charge in [0.1, 0.15) is 11.4 Å². The summed E-state index contributed by atoms with van der Waals surface area (Å²) >= 11 is 6.06. The van der Waals surface area contributed by atoms with E-state index in [1.807, 2.05) is 18.2 Å². The molecule has 110 valence electrons. The lowest BCUT2D eigenvalue weighted by Gasteiger charge is -2.45.